The molecule has 2 aliphatic carbocycles. The first kappa shape index (κ1) is 27.0. The van der Waals surface area contributed by atoms with E-state index in [1.54, 1.807) is 13.2 Å². The number of nitrogens with zero attached hydrogens (tertiary/aromatic N) is 1. The molecule has 2 bridgehead atoms. The molecule has 3 aliphatic heterocycles. The number of hydrogen-bond donors (Lipinski definition) is 3. The Morgan fingerprint density at radius 2 is 2.05 bits per heavy atom. The molecule has 11 nitrogen and oxygen atoms in total. The van der Waals surface area contributed by atoms with Crippen LogP contribution in [0.2, 0.25) is 0 Å². The van der Waals surface area contributed by atoms with Crippen LogP contribution in [0.4, 0.5) is 0 Å². The van der Waals surface area contributed by atoms with Crippen molar-refractivity contribution >= 4 is 17.8 Å². The van der Waals surface area contributed by atoms with E-state index in [-0.39, 0.29) is 24.4 Å². The summed E-state index contributed by atoms with van der Waals surface area (Å²) in [5.41, 5.74) is 0.105. The van der Waals surface area contributed by atoms with Gasteiger partial charge in [0.25, 0.3) is 0 Å². The summed E-state index contributed by atoms with van der Waals surface area (Å²) in [6.07, 6.45) is 2.95. The minimum Gasteiger partial charge on any atom is -0.493 e. The van der Waals surface area contributed by atoms with Crippen LogP contribution in [0.5, 0.6) is 11.5 Å². The number of carbonyl (C=O) groups is 3. The van der Waals surface area contributed by atoms with Gasteiger partial charge in [0.2, 0.25) is 5.91 Å². The van der Waals surface area contributed by atoms with Gasteiger partial charge in [-0.25, -0.2) is 9.59 Å². The second-order valence-electron chi connectivity index (χ2n) is 11.7. The number of benzene rings is 1. The fourth-order valence-electron chi connectivity index (χ4n) is 7.39. The zero-order valence-electron chi connectivity index (χ0n) is 23.3. The number of ether oxygens (including phenoxy) is 4. The summed E-state index contributed by atoms with van der Waals surface area (Å²) in [6, 6.07) is 2.53. The molecule has 2 saturated heterocycles. The first-order chi connectivity index (χ1) is 19.1. The van der Waals surface area contributed by atoms with Crippen LogP contribution < -0.4 is 20.1 Å². The quantitative estimate of drug-likeness (QED) is 0.413. The van der Waals surface area contributed by atoms with Crippen LogP contribution in [0, 0.1) is 0 Å². The van der Waals surface area contributed by atoms with Gasteiger partial charge in [-0.1, -0.05) is 6.07 Å². The molecular formula is C29H37N3O8. The first-order valence-corrected chi connectivity index (χ1v) is 14.1. The molecular weight excluding hydrogens is 518 g/mol. The lowest BCUT2D eigenvalue weighted by molar-refractivity contribution is -0.176. The molecule has 1 spiro atoms. The summed E-state index contributed by atoms with van der Waals surface area (Å²) in [6.45, 7) is 4.46. The Morgan fingerprint density at radius 1 is 1.25 bits per heavy atom. The number of rotatable bonds is 7. The number of nitrogens with one attached hydrogen (secondary N) is 2. The van der Waals surface area contributed by atoms with E-state index in [1.165, 1.54) is 13.8 Å². The molecule has 0 unspecified atom stereocenters. The smallest absolute Gasteiger partial charge is 0.352 e. The third kappa shape index (κ3) is 3.85. The Kier molecular flexibility index (Phi) is 6.59. The largest absolute Gasteiger partial charge is 0.493 e. The van der Waals surface area contributed by atoms with Crippen LogP contribution in [0.1, 0.15) is 50.7 Å². The molecule has 1 aromatic rings. The second kappa shape index (κ2) is 9.74. The van der Waals surface area contributed by atoms with Gasteiger partial charge < -0.3 is 39.6 Å². The van der Waals surface area contributed by atoms with Crippen LogP contribution in [0.15, 0.2) is 24.0 Å². The fourth-order valence-corrected chi connectivity index (χ4v) is 7.39. The van der Waals surface area contributed by atoms with E-state index in [1.807, 2.05) is 19.2 Å². The number of amides is 1. The van der Waals surface area contributed by atoms with E-state index in [9.17, 15) is 19.5 Å². The van der Waals surface area contributed by atoms with E-state index < -0.39 is 41.2 Å². The molecule has 216 valence electrons. The number of hydrogen-bond acceptors (Lipinski definition) is 10. The average molecular weight is 556 g/mol. The topological polar surface area (TPSA) is 136 Å². The highest BCUT2D eigenvalue weighted by Gasteiger charge is 2.72. The van der Waals surface area contributed by atoms with Gasteiger partial charge in [-0.05, 0) is 77.4 Å². The molecule has 6 rings (SSSR count). The second-order valence-corrected chi connectivity index (χ2v) is 11.7. The lowest BCUT2D eigenvalue weighted by Crippen LogP contribution is -2.74. The molecule has 1 aromatic carbocycles. The van der Waals surface area contributed by atoms with Crippen molar-refractivity contribution < 1.29 is 38.4 Å². The highest BCUT2D eigenvalue weighted by atomic mass is 16.6. The van der Waals surface area contributed by atoms with E-state index in [4.69, 9.17) is 18.9 Å². The van der Waals surface area contributed by atoms with Crippen molar-refractivity contribution in [1.82, 2.24) is 15.5 Å². The Balaban J connectivity index is 1.20. The standard InChI is InChI=1S/C29H37N3O8/c1-15(31-25(33)18-6-5-12-30-18)26(34)38-16(2)27(35)39-20-9-10-29(36)21-14-17-7-8-19(37-4)23-22(17)28(29,24(20)40-23)11-13-32(21)3/h7-9,15-16,18,21,24,30,36H,5-6,10-14H2,1-4H3,(H,31,33)/t15-,16-,18-,21+,24-,28-,29+/m0/s1. The highest BCUT2D eigenvalue weighted by molar-refractivity contribution is 5.88. The van der Waals surface area contributed by atoms with Crippen molar-refractivity contribution in [2.24, 2.45) is 0 Å². The summed E-state index contributed by atoms with van der Waals surface area (Å²) < 4.78 is 23.3. The van der Waals surface area contributed by atoms with Crippen molar-refractivity contribution in [1.29, 1.82) is 0 Å². The van der Waals surface area contributed by atoms with Crippen LogP contribution in [0.3, 0.4) is 0 Å². The van der Waals surface area contributed by atoms with E-state index in [2.05, 4.69) is 15.5 Å². The van der Waals surface area contributed by atoms with Gasteiger partial charge in [0.05, 0.1) is 24.2 Å². The summed E-state index contributed by atoms with van der Waals surface area (Å²) in [5.74, 6) is -0.320. The molecule has 0 saturated carbocycles. The number of aliphatic hydroxyl groups is 1. The maximum absolute atomic E-state index is 13.2. The van der Waals surface area contributed by atoms with Crippen molar-refractivity contribution in [2.75, 3.05) is 27.2 Å². The normalized spacial score (nSPS) is 33.1. The monoisotopic (exact) mass is 555 g/mol. The number of esters is 2. The van der Waals surface area contributed by atoms with Gasteiger partial charge in [-0.2, -0.15) is 0 Å². The summed E-state index contributed by atoms with van der Waals surface area (Å²) >= 11 is 0. The summed E-state index contributed by atoms with van der Waals surface area (Å²) in [4.78, 5) is 40.4. The maximum atomic E-state index is 13.2. The van der Waals surface area contributed by atoms with E-state index in [0.717, 1.165) is 30.6 Å². The van der Waals surface area contributed by atoms with Gasteiger partial charge in [0.15, 0.2) is 23.7 Å². The SMILES string of the molecule is COc1ccc2c3c1O[C@H]1C(OC(=O)[C@H](C)OC(=O)[C@H](C)NC(=O)[C@@H]4CCCN4)=CC[C@@]4(O)[C@@H](C2)N(C)CC[C@]314. The van der Waals surface area contributed by atoms with Crippen LogP contribution in [0.25, 0.3) is 0 Å². The molecule has 3 N–H and O–H groups in total. The zero-order chi connectivity index (χ0) is 28.4. The molecule has 40 heavy (non-hydrogen) atoms. The summed E-state index contributed by atoms with van der Waals surface area (Å²) in [5, 5.41) is 18.0. The zero-order valence-corrected chi connectivity index (χ0v) is 23.3. The molecule has 1 amide bonds. The number of likely N-dealkylation sites (tertiary alicyclic amines) is 1. The maximum Gasteiger partial charge on any atom is 0.352 e. The lowest BCUT2D eigenvalue weighted by atomic mass is 9.50. The first-order valence-electron chi connectivity index (χ1n) is 14.1. The number of likely N-dealkylation sites (N-methyl/N-ethyl adjacent to an activating group) is 1. The molecule has 7 atom stereocenters. The molecule has 5 aliphatic rings. The highest BCUT2D eigenvalue weighted by Crippen LogP contribution is 2.65. The van der Waals surface area contributed by atoms with Gasteiger partial charge in [-0.3, -0.25) is 4.79 Å². The predicted octanol–water partition coefficient (Wildman–Crippen LogP) is 0.705. The Bertz CT molecular complexity index is 1280. The third-order valence-electron chi connectivity index (χ3n) is 9.49. The molecule has 0 aromatic heterocycles. The molecule has 0 radical (unpaired) electrons. The Hall–Kier alpha value is -3.15. The molecule has 2 fully saturated rings. The van der Waals surface area contributed by atoms with Crippen molar-refractivity contribution in [3.8, 4) is 11.5 Å². The Labute approximate surface area is 233 Å². The Morgan fingerprint density at radius 3 is 2.77 bits per heavy atom. The van der Waals surface area contributed by atoms with E-state index in [0.29, 0.717) is 36.5 Å². The van der Waals surface area contributed by atoms with Crippen LogP contribution in [-0.4, -0.2) is 91.0 Å². The van der Waals surface area contributed by atoms with Gasteiger partial charge >= 0.3 is 11.9 Å². The molecule has 3 heterocycles. The van der Waals surface area contributed by atoms with Crippen molar-refractivity contribution in [2.45, 2.75) is 87.3 Å². The van der Waals surface area contributed by atoms with Gasteiger partial charge in [0, 0.05) is 18.0 Å². The number of piperidine rings is 1. The third-order valence-corrected chi connectivity index (χ3v) is 9.49. The predicted molar refractivity (Wildman–Crippen MR) is 142 cm³/mol. The molecule has 11 heteroatoms. The fraction of sp³-hybridized carbons (Fsp3) is 0.621. The average Bonchev–Trinajstić information content (AvgIpc) is 3.59. The minimum atomic E-state index is -1.22. The number of carbonyl (C=O) groups excluding carboxylic acids is 3. The van der Waals surface area contributed by atoms with Crippen molar-refractivity contribution in [3.05, 3.63) is 35.1 Å². The van der Waals surface area contributed by atoms with Gasteiger partial charge in [-0.15, -0.1) is 0 Å². The van der Waals surface area contributed by atoms with Crippen molar-refractivity contribution in [3.63, 3.8) is 0 Å². The van der Waals surface area contributed by atoms with Crippen LogP contribution >= 0.6 is 0 Å². The number of methoxy groups -OCH3 is 1. The van der Waals surface area contributed by atoms with E-state index >= 15 is 0 Å². The van der Waals surface area contributed by atoms with Crippen LogP contribution in [-0.2, 0) is 35.7 Å². The van der Waals surface area contributed by atoms with Gasteiger partial charge in [0.1, 0.15) is 11.8 Å². The summed E-state index contributed by atoms with van der Waals surface area (Å²) in [7, 11) is 3.60. The minimum absolute atomic E-state index is 0.122. The lowest BCUT2D eigenvalue weighted by Gasteiger charge is -2.61.